The van der Waals surface area contributed by atoms with Gasteiger partial charge in [0.2, 0.25) is 0 Å². The smallest absolute Gasteiger partial charge is 0.335 e. The van der Waals surface area contributed by atoms with Crippen molar-refractivity contribution in [2.45, 2.75) is 39.7 Å². The third-order valence-electron chi connectivity index (χ3n) is 6.15. The van der Waals surface area contributed by atoms with Gasteiger partial charge in [-0.15, -0.1) is 0 Å². The van der Waals surface area contributed by atoms with Gasteiger partial charge >= 0.3 is 5.97 Å². The zero-order valence-corrected chi connectivity index (χ0v) is 20.2. The molecule has 0 saturated heterocycles. The van der Waals surface area contributed by atoms with E-state index < -0.39 is 6.10 Å². The lowest BCUT2D eigenvalue weighted by Crippen LogP contribution is -2.28. The molecule has 0 aromatic heterocycles. The summed E-state index contributed by atoms with van der Waals surface area (Å²) < 4.78 is 16.6. The molecule has 0 spiro atoms. The van der Waals surface area contributed by atoms with Crippen LogP contribution in [0.5, 0.6) is 5.75 Å². The number of carbonyl (C=O) groups excluding carboxylic acids is 1. The third kappa shape index (κ3) is 5.57. The standard InChI is InChI=1S/C30H32O4/c1-4-32-29(30(31)33-5-2)18-22-10-13-26(14-11-22)34-17-16-21(3)23-12-15-28-25(19-23)20-24-8-6-7-9-27(24)28/h6-16,19,29H,4-5,17-18,20H2,1-3H3. The Balaban J connectivity index is 1.34. The molecule has 0 saturated carbocycles. The van der Waals surface area contributed by atoms with Gasteiger partial charge in [0.15, 0.2) is 6.10 Å². The molecule has 176 valence electrons. The molecule has 4 rings (SSSR count). The average Bonchev–Trinajstić information content (AvgIpc) is 3.22. The van der Waals surface area contributed by atoms with E-state index in [-0.39, 0.29) is 5.97 Å². The highest BCUT2D eigenvalue weighted by atomic mass is 16.6. The Bertz CT molecular complexity index is 1160. The molecule has 4 nitrogen and oxygen atoms in total. The lowest BCUT2D eigenvalue weighted by atomic mass is 10.00. The Morgan fingerprint density at radius 3 is 2.47 bits per heavy atom. The number of esters is 1. The first-order chi connectivity index (χ1) is 16.6. The number of rotatable bonds is 10. The van der Waals surface area contributed by atoms with Gasteiger partial charge in [0.05, 0.1) is 6.61 Å². The van der Waals surface area contributed by atoms with Crippen molar-refractivity contribution in [2.24, 2.45) is 0 Å². The first kappa shape index (κ1) is 23.8. The highest BCUT2D eigenvalue weighted by molar-refractivity contribution is 5.79. The Hall–Kier alpha value is -3.37. The molecule has 0 aliphatic heterocycles. The quantitative estimate of drug-likeness (QED) is 0.265. The maximum Gasteiger partial charge on any atom is 0.335 e. The lowest BCUT2D eigenvalue weighted by molar-refractivity contribution is -0.156. The maximum atomic E-state index is 12.1. The van der Waals surface area contributed by atoms with Crippen molar-refractivity contribution in [1.82, 2.24) is 0 Å². The third-order valence-corrected chi connectivity index (χ3v) is 6.15. The van der Waals surface area contributed by atoms with E-state index in [1.807, 2.05) is 31.2 Å². The van der Waals surface area contributed by atoms with E-state index in [9.17, 15) is 4.79 Å². The van der Waals surface area contributed by atoms with E-state index in [1.165, 1.54) is 33.4 Å². The predicted molar refractivity (Wildman–Crippen MR) is 136 cm³/mol. The summed E-state index contributed by atoms with van der Waals surface area (Å²) in [7, 11) is 0. The van der Waals surface area contributed by atoms with Gasteiger partial charge < -0.3 is 14.2 Å². The number of carbonyl (C=O) groups is 1. The van der Waals surface area contributed by atoms with Crippen molar-refractivity contribution < 1.29 is 19.0 Å². The van der Waals surface area contributed by atoms with Crippen LogP contribution in [0.15, 0.2) is 72.8 Å². The molecular formula is C30H32O4. The summed E-state index contributed by atoms with van der Waals surface area (Å²) in [6.07, 6.45) is 3.01. The molecular weight excluding hydrogens is 424 g/mol. The van der Waals surface area contributed by atoms with Gasteiger partial charge in [0, 0.05) is 13.0 Å². The van der Waals surface area contributed by atoms with Gasteiger partial charge in [0.1, 0.15) is 12.4 Å². The summed E-state index contributed by atoms with van der Waals surface area (Å²) in [6, 6.07) is 23.2. The van der Waals surface area contributed by atoms with Crippen molar-refractivity contribution >= 4 is 11.5 Å². The topological polar surface area (TPSA) is 44.8 Å². The molecule has 4 heteroatoms. The fourth-order valence-corrected chi connectivity index (χ4v) is 4.35. The first-order valence-electron chi connectivity index (χ1n) is 12.0. The number of ether oxygens (including phenoxy) is 3. The average molecular weight is 457 g/mol. The van der Waals surface area contributed by atoms with Crippen LogP contribution in [-0.4, -0.2) is 31.9 Å². The second-order valence-corrected chi connectivity index (χ2v) is 8.45. The van der Waals surface area contributed by atoms with Crippen LogP contribution in [0.2, 0.25) is 0 Å². The van der Waals surface area contributed by atoms with Crippen LogP contribution in [0, 0.1) is 0 Å². The second kappa shape index (κ2) is 11.2. The van der Waals surface area contributed by atoms with Gasteiger partial charge in [0.25, 0.3) is 0 Å². The molecule has 0 bridgehead atoms. The van der Waals surface area contributed by atoms with Crippen LogP contribution < -0.4 is 4.74 Å². The summed E-state index contributed by atoms with van der Waals surface area (Å²) in [4.78, 5) is 12.1. The highest BCUT2D eigenvalue weighted by Crippen LogP contribution is 2.37. The molecule has 0 N–H and O–H groups in total. The predicted octanol–water partition coefficient (Wildman–Crippen LogP) is 6.25. The summed E-state index contributed by atoms with van der Waals surface area (Å²) >= 11 is 0. The summed E-state index contributed by atoms with van der Waals surface area (Å²) in [5, 5.41) is 0. The number of benzene rings is 3. The minimum Gasteiger partial charge on any atom is -0.490 e. The maximum absolute atomic E-state index is 12.1. The number of allylic oxidation sites excluding steroid dienone is 1. The van der Waals surface area contributed by atoms with Crippen LogP contribution >= 0.6 is 0 Å². The summed E-state index contributed by atoms with van der Waals surface area (Å²) in [5.74, 6) is 0.474. The van der Waals surface area contributed by atoms with Gasteiger partial charge in [-0.2, -0.15) is 0 Å². The molecule has 34 heavy (non-hydrogen) atoms. The Labute approximate surface area is 202 Å². The van der Waals surface area contributed by atoms with Crippen LogP contribution in [0.25, 0.3) is 16.7 Å². The Morgan fingerprint density at radius 2 is 1.71 bits per heavy atom. The molecule has 1 unspecified atom stereocenters. The van der Waals surface area contributed by atoms with E-state index in [0.717, 1.165) is 17.7 Å². The van der Waals surface area contributed by atoms with Gasteiger partial charge in [-0.3, -0.25) is 0 Å². The van der Waals surface area contributed by atoms with E-state index in [0.29, 0.717) is 26.2 Å². The molecule has 0 radical (unpaired) electrons. The van der Waals surface area contributed by atoms with Gasteiger partial charge in [-0.1, -0.05) is 54.6 Å². The monoisotopic (exact) mass is 456 g/mol. The lowest BCUT2D eigenvalue weighted by Gasteiger charge is -2.15. The molecule has 3 aromatic carbocycles. The molecule has 1 atom stereocenters. The van der Waals surface area contributed by atoms with Gasteiger partial charge in [-0.05, 0) is 84.4 Å². The number of fused-ring (bicyclic) bond motifs is 3. The second-order valence-electron chi connectivity index (χ2n) is 8.45. The van der Waals surface area contributed by atoms with Crippen molar-refractivity contribution in [1.29, 1.82) is 0 Å². The molecule has 0 heterocycles. The van der Waals surface area contributed by atoms with Crippen LogP contribution in [0.4, 0.5) is 0 Å². The Morgan fingerprint density at radius 1 is 0.941 bits per heavy atom. The normalized spacial score (nSPS) is 13.2. The molecule has 1 aliphatic carbocycles. The largest absolute Gasteiger partial charge is 0.490 e. The van der Waals surface area contributed by atoms with Crippen molar-refractivity contribution in [2.75, 3.05) is 19.8 Å². The SMILES string of the molecule is CCOC(=O)C(Cc1ccc(OCC=C(C)c2ccc3c(c2)Cc2ccccc2-3)cc1)OCC. The minimum atomic E-state index is -0.581. The van der Waals surface area contributed by atoms with Crippen molar-refractivity contribution in [3.05, 3.63) is 95.1 Å². The fraction of sp³-hybridized carbons (Fsp3) is 0.300. The fourth-order valence-electron chi connectivity index (χ4n) is 4.35. The highest BCUT2D eigenvalue weighted by Gasteiger charge is 2.20. The summed E-state index contributed by atoms with van der Waals surface area (Å²) in [5.41, 5.74) is 8.92. The van der Waals surface area contributed by atoms with E-state index in [1.54, 1.807) is 6.92 Å². The van der Waals surface area contributed by atoms with Crippen LogP contribution in [0.3, 0.4) is 0 Å². The zero-order valence-electron chi connectivity index (χ0n) is 20.2. The van der Waals surface area contributed by atoms with Crippen molar-refractivity contribution in [3.8, 4) is 16.9 Å². The van der Waals surface area contributed by atoms with Crippen LogP contribution in [-0.2, 0) is 27.1 Å². The van der Waals surface area contributed by atoms with E-state index in [4.69, 9.17) is 14.2 Å². The zero-order chi connectivity index (χ0) is 23.9. The molecule has 3 aromatic rings. The van der Waals surface area contributed by atoms with E-state index >= 15 is 0 Å². The number of hydrogen-bond acceptors (Lipinski definition) is 4. The van der Waals surface area contributed by atoms with Gasteiger partial charge in [-0.25, -0.2) is 4.79 Å². The van der Waals surface area contributed by atoms with Crippen LogP contribution in [0.1, 0.15) is 43.0 Å². The summed E-state index contributed by atoms with van der Waals surface area (Å²) in [6.45, 7) is 7.11. The molecule has 0 amide bonds. The van der Waals surface area contributed by atoms with Crippen molar-refractivity contribution in [3.63, 3.8) is 0 Å². The minimum absolute atomic E-state index is 0.319. The Kier molecular flexibility index (Phi) is 7.81. The molecule has 0 fully saturated rings. The molecule has 1 aliphatic rings. The number of hydrogen-bond donors (Lipinski definition) is 0. The van der Waals surface area contributed by atoms with E-state index in [2.05, 4.69) is 55.5 Å². The first-order valence-corrected chi connectivity index (χ1v) is 12.0.